The van der Waals surface area contributed by atoms with Crippen LogP contribution < -0.4 is 0 Å². The summed E-state index contributed by atoms with van der Waals surface area (Å²) in [5, 5.41) is 19.9. The molecule has 1 aliphatic rings. The summed E-state index contributed by atoms with van der Waals surface area (Å²) in [4.78, 5) is 21.5. The van der Waals surface area contributed by atoms with Gasteiger partial charge < -0.3 is 5.11 Å². The molecule has 0 aromatic rings. The molecule has 0 radical (unpaired) electrons. The molecule has 0 aromatic heterocycles. The second kappa shape index (κ2) is 3.86. The Morgan fingerprint density at radius 2 is 2.20 bits per heavy atom. The highest BCUT2D eigenvalue weighted by Crippen LogP contribution is 2.47. The third kappa shape index (κ3) is 1.82. The van der Waals surface area contributed by atoms with Crippen LogP contribution >= 0.6 is 31.9 Å². The molecule has 15 heavy (non-hydrogen) atoms. The summed E-state index contributed by atoms with van der Waals surface area (Å²) in [7, 11) is 0. The first-order chi connectivity index (χ1) is 6.75. The second-order valence-electron chi connectivity index (χ2n) is 3.48. The van der Waals surface area contributed by atoms with Gasteiger partial charge in [0.15, 0.2) is 4.32 Å². The number of halogens is 2. The summed E-state index contributed by atoms with van der Waals surface area (Å²) in [6, 6.07) is 0. The average molecular weight is 343 g/mol. The topological polar surface area (TPSA) is 80.4 Å². The third-order valence-corrected chi connectivity index (χ3v) is 5.28. The van der Waals surface area contributed by atoms with E-state index in [2.05, 4.69) is 31.9 Å². The van der Waals surface area contributed by atoms with Crippen LogP contribution in [0.15, 0.2) is 12.2 Å². The molecule has 7 heteroatoms. The maximum Gasteiger partial charge on any atom is 0.324 e. The van der Waals surface area contributed by atoms with E-state index < -0.39 is 25.6 Å². The monoisotopic (exact) mass is 341 g/mol. The van der Waals surface area contributed by atoms with Crippen molar-refractivity contribution >= 4 is 37.8 Å². The minimum absolute atomic E-state index is 0.168. The largest absolute Gasteiger partial charge is 0.480 e. The number of nitrogens with zero attached hydrogens (tertiary/aromatic N) is 1. The van der Waals surface area contributed by atoms with Crippen molar-refractivity contribution in [3.05, 3.63) is 22.3 Å². The van der Waals surface area contributed by atoms with Gasteiger partial charge in [-0.25, -0.2) is 0 Å². The van der Waals surface area contributed by atoms with Crippen molar-refractivity contribution in [2.45, 2.75) is 22.1 Å². The van der Waals surface area contributed by atoms with Gasteiger partial charge in [0.1, 0.15) is 0 Å². The van der Waals surface area contributed by atoms with Crippen LogP contribution in [0.1, 0.15) is 13.3 Å². The van der Waals surface area contributed by atoms with Crippen LogP contribution in [0.25, 0.3) is 0 Å². The number of carboxylic acids is 1. The van der Waals surface area contributed by atoms with Gasteiger partial charge in [0.25, 0.3) is 4.45 Å². The molecule has 0 saturated carbocycles. The molecular formula is C8H9Br2NO4. The number of nitro groups is 1. The molecule has 3 atom stereocenters. The van der Waals surface area contributed by atoms with Gasteiger partial charge in [0, 0.05) is 27.3 Å². The first kappa shape index (κ1) is 12.6. The average Bonchev–Trinajstić information content (AvgIpc) is 2.13. The zero-order valence-electron chi connectivity index (χ0n) is 7.81. The summed E-state index contributed by atoms with van der Waals surface area (Å²) in [5.74, 6) is -1.83. The number of rotatable bonds is 2. The Bertz CT molecular complexity index is 346. The molecule has 0 spiro atoms. The number of aliphatic carboxylic acids is 1. The quantitative estimate of drug-likeness (QED) is 0.274. The van der Waals surface area contributed by atoms with E-state index in [-0.39, 0.29) is 6.42 Å². The fourth-order valence-electron chi connectivity index (χ4n) is 1.53. The Morgan fingerprint density at radius 1 is 1.67 bits per heavy atom. The van der Waals surface area contributed by atoms with E-state index in [1.165, 1.54) is 19.1 Å². The molecule has 5 nitrogen and oxygen atoms in total. The van der Waals surface area contributed by atoms with Crippen molar-refractivity contribution in [2.75, 3.05) is 0 Å². The Kier molecular flexibility index (Phi) is 3.25. The third-order valence-electron chi connectivity index (χ3n) is 2.69. The number of carboxylic acid groups (broad SMARTS) is 1. The Hall–Kier alpha value is -0.430. The van der Waals surface area contributed by atoms with Crippen molar-refractivity contribution in [1.29, 1.82) is 0 Å². The number of hydrogen-bond acceptors (Lipinski definition) is 3. The van der Waals surface area contributed by atoms with Crippen LogP contribution in [0.5, 0.6) is 0 Å². The molecule has 0 bridgehead atoms. The smallest absolute Gasteiger partial charge is 0.324 e. The van der Waals surface area contributed by atoms with E-state index in [1.54, 1.807) is 0 Å². The van der Waals surface area contributed by atoms with E-state index in [9.17, 15) is 14.9 Å². The van der Waals surface area contributed by atoms with Gasteiger partial charge in [0.05, 0.1) is 5.92 Å². The standard InChI is InChI=1S/C8H9Br2NO4/c1-5-7(9,6(12)13)3-2-4-8(5,10)11(14)15/h2-3,5H,4H2,1H3,(H,12,13). The van der Waals surface area contributed by atoms with Crippen LogP contribution in [0.3, 0.4) is 0 Å². The van der Waals surface area contributed by atoms with Gasteiger partial charge in [-0.3, -0.25) is 14.9 Å². The molecule has 84 valence electrons. The van der Waals surface area contributed by atoms with Crippen LogP contribution in [0, 0.1) is 16.0 Å². The van der Waals surface area contributed by atoms with E-state index in [1.807, 2.05) is 0 Å². The van der Waals surface area contributed by atoms with Crippen molar-refractivity contribution in [3.8, 4) is 0 Å². The van der Waals surface area contributed by atoms with E-state index in [0.717, 1.165) is 0 Å². The lowest BCUT2D eigenvalue weighted by Gasteiger charge is -2.36. The number of hydrogen-bond donors (Lipinski definition) is 1. The number of carbonyl (C=O) groups is 1. The molecular weight excluding hydrogens is 334 g/mol. The van der Waals surface area contributed by atoms with Crippen LogP contribution in [0.2, 0.25) is 0 Å². The molecule has 0 fully saturated rings. The van der Waals surface area contributed by atoms with Crippen LogP contribution in [-0.4, -0.2) is 24.8 Å². The lowest BCUT2D eigenvalue weighted by molar-refractivity contribution is -0.545. The maximum atomic E-state index is 11.1. The first-order valence-corrected chi connectivity index (χ1v) is 5.77. The van der Waals surface area contributed by atoms with Gasteiger partial charge in [0.2, 0.25) is 0 Å². The second-order valence-corrected chi connectivity index (χ2v) is 6.16. The normalized spacial score (nSPS) is 40.1. The lowest BCUT2D eigenvalue weighted by Crippen LogP contribution is -2.53. The summed E-state index contributed by atoms with van der Waals surface area (Å²) < 4.78 is -2.81. The van der Waals surface area contributed by atoms with Gasteiger partial charge in [-0.05, 0) is 0 Å². The van der Waals surface area contributed by atoms with Crippen LogP contribution in [-0.2, 0) is 4.79 Å². The molecule has 0 saturated heterocycles. The predicted octanol–water partition coefficient (Wildman–Crippen LogP) is 2.17. The van der Waals surface area contributed by atoms with Crippen molar-refractivity contribution in [3.63, 3.8) is 0 Å². The Morgan fingerprint density at radius 3 is 2.60 bits per heavy atom. The molecule has 1 aliphatic carbocycles. The Balaban J connectivity index is 3.20. The van der Waals surface area contributed by atoms with Crippen molar-refractivity contribution < 1.29 is 14.8 Å². The van der Waals surface area contributed by atoms with Gasteiger partial charge in [-0.15, -0.1) is 0 Å². The minimum Gasteiger partial charge on any atom is -0.480 e. The summed E-state index contributed by atoms with van der Waals surface area (Å²) in [6.45, 7) is 1.53. The summed E-state index contributed by atoms with van der Waals surface area (Å²) in [5.41, 5.74) is 0. The van der Waals surface area contributed by atoms with E-state index in [4.69, 9.17) is 5.11 Å². The lowest BCUT2D eigenvalue weighted by atomic mass is 9.81. The van der Waals surface area contributed by atoms with Gasteiger partial charge in [-0.2, -0.15) is 0 Å². The zero-order valence-corrected chi connectivity index (χ0v) is 11.0. The highest BCUT2D eigenvalue weighted by Gasteiger charge is 2.58. The highest BCUT2D eigenvalue weighted by atomic mass is 79.9. The molecule has 0 heterocycles. The molecule has 3 unspecified atom stereocenters. The minimum atomic E-state index is -1.43. The van der Waals surface area contributed by atoms with E-state index in [0.29, 0.717) is 0 Å². The summed E-state index contributed by atoms with van der Waals surface area (Å²) in [6.07, 6.45) is 3.12. The van der Waals surface area contributed by atoms with Gasteiger partial charge >= 0.3 is 5.97 Å². The van der Waals surface area contributed by atoms with Crippen molar-refractivity contribution in [1.82, 2.24) is 0 Å². The van der Waals surface area contributed by atoms with Gasteiger partial charge in [-0.1, -0.05) is 35.0 Å². The molecule has 1 N–H and O–H groups in total. The zero-order chi connectivity index (χ0) is 11.9. The Labute approximate surface area is 103 Å². The fourth-order valence-corrected chi connectivity index (χ4v) is 2.95. The SMILES string of the molecule is CC1C(Br)(C(=O)O)C=CCC1(Br)[N+](=O)[O-]. The first-order valence-electron chi connectivity index (χ1n) is 4.18. The fraction of sp³-hybridized carbons (Fsp3) is 0.625. The highest BCUT2D eigenvalue weighted by molar-refractivity contribution is 9.10. The molecule has 0 amide bonds. The van der Waals surface area contributed by atoms with Crippen molar-refractivity contribution in [2.24, 2.45) is 5.92 Å². The predicted molar refractivity (Wildman–Crippen MR) is 60.9 cm³/mol. The van der Waals surface area contributed by atoms with E-state index >= 15 is 0 Å². The number of alkyl halides is 2. The molecule has 0 aliphatic heterocycles. The molecule has 0 aromatic carbocycles. The maximum absolute atomic E-state index is 11.1. The summed E-state index contributed by atoms with van der Waals surface area (Å²) >= 11 is 6.07. The molecule has 1 rings (SSSR count). The van der Waals surface area contributed by atoms with Crippen LogP contribution in [0.4, 0.5) is 0 Å².